The van der Waals surface area contributed by atoms with Crippen LogP contribution in [0.2, 0.25) is 0 Å². The Kier molecular flexibility index (Phi) is 6.30. The number of amides is 1. The first kappa shape index (κ1) is 24.3. The van der Waals surface area contributed by atoms with Gasteiger partial charge in [-0.05, 0) is 32.0 Å². The summed E-state index contributed by atoms with van der Waals surface area (Å²) in [6, 6.07) is 5.20. The summed E-state index contributed by atoms with van der Waals surface area (Å²) in [5, 5.41) is 19.1. The summed E-state index contributed by atoms with van der Waals surface area (Å²) in [6.45, 7) is 2.31. The second-order valence-corrected chi connectivity index (χ2v) is 8.76. The Morgan fingerprint density at radius 1 is 1.18 bits per heavy atom. The largest absolute Gasteiger partial charge is 0.512 e. The minimum absolute atomic E-state index is 0.0590. The number of halogens is 3. The molecule has 3 N–H and O–H groups in total. The molecule has 180 valence electrons. The number of ether oxygens (including phenoxy) is 1. The summed E-state index contributed by atoms with van der Waals surface area (Å²) in [7, 11) is -4.19. The molecule has 2 fully saturated rings. The Bertz CT molecular complexity index is 1120. The van der Waals surface area contributed by atoms with Gasteiger partial charge in [0.15, 0.2) is 5.76 Å². The number of carboxylic acid groups (broad SMARTS) is 2. The molecule has 15 heteroatoms. The van der Waals surface area contributed by atoms with Crippen LogP contribution in [0.25, 0.3) is 0 Å². The second-order valence-electron chi connectivity index (χ2n) is 7.22. The van der Waals surface area contributed by atoms with Crippen molar-refractivity contribution < 1.29 is 55.1 Å². The molecular formula is C18H17F3N2O9S. The average molecular weight is 494 g/mol. The average Bonchev–Trinajstić information content (AvgIpc) is 2.99. The van der Waals surface area contributed by atoms with Crippen molar-refractivity contribution in [3.63, 3.8) is 0 Å². The Morgan fingerprint density at radius 2 is 1.76 bits per heavy atom. The molecule has 3 aliphatic rings. The molecule has 0 aromatic heterocycles. The second kappa shape index (κ2) is 8.55. The summed E-state index contributed by atoms with van der Waals surface area (Å²) in [6.07, 6.45) is -6.23. The Morgan fingerprint density at radius 3 is 2.27 bits per heavy atom. The van der Waals surface area contributed by atoms with Crippen LogP contribution in [0.4, 0.5) is 18.0 Å². The molecule has 0 spiro atoms. The van der Waals surface area contributed by atoms with E-state index in [-0.39, 0.29) is 22.4 Å². The highest BCUT2D eigenvalue weighted by atomic mass is 32.2. The van der Waals surface area contributed by atoms with Crippen molar-refractivity contribution in [2.45, 2.75) is 36.5 Å². The van der Waals surface area contributed by atoms with E-state index in [9.17, 15) is 31.2 Å². The summed E-state index contributed by atoms with van der Waals surface area (Å²) in [4.78, 5) is 33.2. The van der Waals surface area contributed by atoms with E-state index >= 15 is 0 Å². The van der Waals surface area contributed by atoms with Crippen LogP contribution < -0.4 is 5.32 Å². The molecule has 4 rings (SSSR count). The van der Waals surface area contributed by atoms with Crippen molar-refractivity contribution in [2.24, 2.45) is 5.92 Å². The molecule has 1 aromatic rings. The zero-order valence-electron chi connectivity index (χ0n) is 16.7. The quantitative estimate of drug-likeness (QED) is 0.317. The molecule has 0 saturated carbocycles. The molecule has 0 aliphatic carbocycles. The lowest BCUT2D eigenvalue weighted by Crippen LogP contribution is -2.71. The number of aliphatic carboxylic acids is 1. The molecule has 3 aliphatic heterocycles. The maximum absolute atomic E-state index is 12.6. The van der Waals surface area contributed by atoms with E-state index in [1.54, 1.807) is 12.1 Å². The number of nitrogens with one attached hydrogen (secondary N) is 1. The van der Waals surface area contributed by atoms with Gasteiger partial charge in [-0.2, -0.15) is 21.6 Å². The van der Waals surface area contributed by atoms with E-state index in [1.165, 1.54) is 12.1 Å². The third-order valence-electron chi connectivity index (χ3n) is 5.08. The third-order valence-corrected chi connectivity index (χ3v) is 6.33. The molecule has 0 bridgehead atoms. The fourth-order valence-electron chi connectivity index (χ4n) is 3.65. The predicted octanol–water partition coefficient (Wildman–Crippen LogP) is 1.40. The number of carboxylic acids is 1. The normalized spacial score (nSPS) is 23.7. The summed E-state index contributed by atoms with van der Waals surface area (Å²) < 4.78 is 67.0. The van der Waals surface area contributed by atoms with E-state index in [0.29, 0.717) is 13.0 Å². The van der Waals surface area contributed by atoms with Gasteiger partial charge in [-0.1, -0.05) is 17.7 Å². The van der Waals surface area contributed by atoms with Gasteiger partial charge in [0.25, 0.3) is 5.88 Å². The van der Waals surface area contributed by atoms with Crippen molar-refractivity contribution in [1.29, 1.82) is 0 Å². The number of carbonyl (C=O) groups is 3. The highest BCUT2D eigenvalue weighted by molar-refractivity contribution is 7.86. The maximum Gasteiger partial charge on any atom is 0.512 e. The van der Waals surface area contributed by atoms with Gasteiger partial charge in [-0.25, -0.2) is 9.59 Å². The first-order valence-corrected chi connectivity index (χ1v) is 10.7. The Labute approximate surface area is 184 Å². The van der Waals surface area contributed by atoms with E-state index in [2.05, 4.69) is 5.32 Å². The molecule has 1 unspecified atom stereocenters. The zero-order chi connectivity index (χ0) is 24.7. The van der Waals surface area contributed by atoms with Gasteiger partial charge in [0.2, 0.25) is 5.91 Å². The van der Waals surface area contributed by atoms with Crippen molar-refractivity contribution in [3.05, 3.63) is 41.5 Å². The molecule has 2 saturated heterocycles. The SMILES string of the molecule is Cc1ccc(S(=O)(=O)OC2=C(OC(=O)O)N3C(=O)[C@H]4NCCC2[C@H]43)cc1.O=C(O)C(F)(F)F. The number of hydrogen-bond donors (Lipinski definition) is 3. The van der Waals surface area contributed by atoms with Crippen LogP contribution in [0.3, 0.4) is 0 Å². The molecule has 33 heavy (non-hydrogen) atoms. The third kappa shape index (κ3) is 4.73. The summed E-state index contributed by atoms with van der Waals surface area (Å²) in [5.41, 5.74) is 0.884. The monoisotopic (exact) mass is 494 g/mol. The smallest absolute Gasteiger partial charge is 0.475 e. The number of carbonyl (C=O) groups excluding carboxylic acids is 1. The van der Waals surface area contributed by atoms with Crippen LogP contribution in [0.5, 0.6) is 0 Å². The van der Waals surface area contributed by atoms with E-state index in [0.717, 1.165) is 10.5 Å². The van der Waals surface area contributed by atoms with E-state index in [4.69, 9.17) is 23.9 Å². The topological polar surface area (TPSA) is 160 Å². The van der Waals surface area contributed by atoms with Crippen molar-refractivity contribution >= 4 is 28.1 Å². The van der Waals surface area contributed by atoms with Gasteiger partial charge >= 0.3 is 28.4 Å². The lowest BCUT2D eigenvalue weighted by molar-refractivity contribution is -0.192. The summed E-state index contributed by atoms with van der Waals surface area (Å²) in [5.74, 6) is -4.04. The minimum Gasteiger partial charge on any atom is -0.475 e. The number of hydrogen-bond acceptors (Lipinski definition) is 8. The molecule has 0 radical (unpaired) electrons. The van der Waals surface area contributed by atoms with Crippen LogP contribution in [-0.2, 0) is 28.6 Å². The van der Waals surface area contributed by atoms with Crippen molar-refractivity contribution in [2.75, 3.05) is 6.54 Å². The number of β-lactam (4-membered cyclic amide) rings is 1. The van der Waals surface area contributed by atoms with Gasteiger partial charge in [-0.15, -0.1) is 0 Å². The molecular weight excluding hydrogens is 477 g/mol. The van der Waals surface area contributed by atoms with Gasteiger partial charge in [0.1, 0.15) is 10.9 Å². The maximum atomic E-state index is 12.6. The number of nitrogens with zero attached hydrogens (tertiary/aromatic N) is 1. The van der Waals surface area contributed by atoms with Crippen LogP contribution >= 0.6 is 0 Å². The predicted molar refractivity (Wildman–Crippen MR) is 99.8 cm³/mol. The van der Waals surface area contributed by atoms with Gasteiger partial charge in [-0.3, -0.25) is 9.69 Å². The summed E-state index contributed by atoms with van der Waals surface area (Å²) >= 11 is 0. The lowest BCUT2D eigenvalue weighted by atomic mass is 9.82. The van der Waals surface area contributed by atoms with E-state index in [1.807, 2.05) is 6.92 Å². The Hall–Kier alpha value is -3.33. The molecule has 1 amide bonds. The first-order valence-electron chi connectivity index (χ1n) is 9.26. The zero-order valence-corrected chi connectivity index (χ0v) is 17.5. The minimum atomic E-state index is -5.08. The van der Waals surface area contributed by atoms with Crippen LogP contribution in [0.1, 0.15) is 12.0 Å². The molecule has 11 nitrogen and oxygen atoms in total. The van der Waals surface area contributed by atoms with Gasteiger partial charge in [0, 0.05) is 5.92 Å². The van der Waals surface area contributed by atoms with Crippen LogP contribution in [-0.4, -0.2) is 66.4 Å². The number of aryl methyl sites for hydroxylation is 1. The number of rotatable bonds is 4. The molecule has 3 atom stereocenters. The van der Waals surface area contributed by atoms with Crippen molar-refractivity contribution in [3.8, 4) is 0 Å². The standard InChI is InChI=1S/C16H16N2O7S.C2HF3O2/c1-8-2-4-9(5-3-8)26(22,23)25-13-10-6-7-17-11-12(10)18(14(11)19)15(13)24-16(20)21;3-2(4,5)1(6)7/h2-5,10-12,17H,6-7H2,1H3,(H,20,21);(H,6,7)/t10?,11-,12+;/m0./s1. The van der Waals surface area contributed by atoms with Gasteiger partial charge in [0.05, 0.1) is 6.04 Å². The fraction of sp³-hybridized carbons (Fsp3) is 0.389. The van der Waals surface area contributed by atoms with Crippen molar-refractivity contribution in [1.82, 2.24) is 10.2 Å². The fourth-order valence-corrected chi connectivity index (χ4v) is 4.64. The van der Waals surface area contributed by atoms with Crippen LogP contribution in [0.15, 0.2) is 40.8 Å². The Balaban J connectivity index is 0.000000383. The highest BCUT2D eigenvalue weighted by Crippen LogP contribution is 2.47. The molecule has 3 heterocycles. The van der Waals surface area contributed by atoms with Gasteiger partial charge < -0.3 is 24.4 Å². The van der Waals surface area contributed by atoms with Crippen LogP contribution in [0, 0.1) is 12.8 Å². The first-order chi connectivity index (χ1) is 15.2. The lowest BCUT2D eigenvalue weighted by Gasteiger charge is -2.47. The highest BCUT2D eigenvalue weighted by Gasteiger charge is 2.62. The number of piperidine rings is 1. The number of benzene rings is 1. The molecule has 1 aromatic carbocycles. The van der Waals surface area contributed by atoms with E-state index < -0.39 is 46.4 Å². The number of alkyl halides is 3.